The largest absolute Gasteiger partial charge is 0.103 e. The van der Waals surface area contributed by atoms with E-state index in [9.17, 15) is 0 Å². The summed E-state index contributed by atoms with van der Waals surface area (Å²) < 4.78 is 0. The molecule has 0 nitrogen and oxygen atoms in total. The summed E-state index contributed by atoms with van der Waals surface area (Å²) in [5, 5.41) is 0. The molecule has 112 valence electrons. The molecule has 0 spiro atoms. The van der Waals surface area contributed by atoms with E-state index in [1.807, 2.05) is 6.08 Å². The highest BCUT2D eigenvalue weighted by Crippen LogP contribution is 2.13. The third-order valence-corrected chi connectivity index (χ3v) is 3.97. The van der Waals surface area contributed by atoms with E-state index in [0.717, 1.165) is 0 Å². The van der Waals surface area contributed by atoms with Crippen LogP contribution in [0, 0.1) is 0 Å². The standard InChI is InChI=1S/C20H32/c1-3-5-7-8-9-10-11-12-14-20-17-15-19(16-18-20)13-6-4-2/h3,15-18H,1,4-14H2,2H3. The van der Waals surface area contributed by atoms with E-state index in [1.54, 1.807) is 0 Å². The SMILES string of the molecule is C=CCCCCCCCCc1ccc(CCCC)cc1. The third-order valence-electron chi connectivity index (χ3n) is 3.97. The maximum atomic E-state index is 3.76. The maximum absolute atomic E-state index is 3.76. The average molecular weight is 272 g/mol. The van der Waals surface area contributed by atoms with Crippen LogP contribution in [-0.4, -0.2) is 0 Å². The normalized spacial score (nSPS) is 10.7. The van der Waals surface area contributed by atoms with Gasteiger partial charge in [-0.15, -0.1) is 6.58 Å². The maximum Gasteiger partial charge on any atom is -0.0279 e. The summed E-state index contributed by atoms with van der Waals surface area (Å²) in [5.41, 5.74) is 3.01. The Labute approximate surface area is 126 Å². The molecule has 1 aromatic carbocycles. The van der Waals surface area contributed by atoms with Gasteiger partial charge in [0.25, 0.3) is 0 Å². The van der Waals surface area contributed by atoms with E-state index < -0.39 is 0 Å². The molecule has 0 unspecified atom stereocenters. The lowest BCUT2D eigenvalue weighted by Crippen LogP contribution is -1.89. The van der Waals surface area contributed by atoms with Gasteiger partial charge in [-0.1, -0.05) is 69.4 Å². The smallest absolute Gasteiger partial charge is 0.0279 e. The van der Waals surface area contributed by atoms with Crippen LogP contribution in [0.25, 0.3) is 0 Å². The van der Waals surface area contributed by atoms with Crippen molar-refractivity contribution in [2.75, 3.05) is 0 Å². The van der Waals surface area contributed by atoms with Crippen LogP contribution in [-0.2, 0) is 12.8 Å². The number of benzene rings is 1. The van der Waals surface area contributed by atoms with Gasteiger partial charge in [0.05, 0.1) is 0 Å². The molecule has 20 heavy (non-hydrogen) atoms. The molecule has 0 heterocycles. The molecule has 0 aromatic heterocycles. The van der Waals surface area contributed by atoms with Crippen molar-refractivity contribution < 1.29 is 0 Å². The van der Waals surface area contributed by atoms with E-state index in [0.29, 0.717) is 0 Å². The van der Waals surface area contributed by atoms with Crippen LogP contribution in [0.2, 0.25) is 0 Å². The predicted molar refractivity (Wildman–Crippen MR) is 91.3 cm³/mol. The second kappa shape index (κ2) is 11.8. The molecule has 0 aliphatic carbocycles. The Morgan fingerprint density at radius 2 is 1.25 bits per heavy atom. The van der Waals surface area contributed by atoms with Crippen molar-refractivity contribution in [2.24, 2.45) is 0 Å². The fraction of sp³-hybridized carbons (Fsp3) is 0.600. The molecule has 0 atom stereocenters. The predicted octanol–water partition coefficient (Wildman–Crippen LogP) is 6.49. The van der Waals surface area contributed by atoms with Gasteiger partial charge in [-0.3, -0.25) is 0 Å². The number of unbranched alkanes of at least 4 members (excludes halogenated alkanes) is 7. The van der Waals surface area contributed by atoms with Gasteiger partial charge in [-0.25, -0.2) is 0 Å². The van der Waals surface area contributed by atoms with Crippen molar-refractivity contribution in [1.29, 1.82) is 0 Å². The molecule has 0 amide bonds. The van der Waals surface area contributed by atoms with Crippen molar-refractivity contribution in [3.63, 3.8) is 0 Å². The highest BCUT2D eigenvalue weighted by atomic mass is 14.0. The van der Waals surface area contributed by atoms with Gasteiger partial charge in [0.2, 0.25) is 0 Å². The van der Waals surface area contributed by atoms with Gasteiger partial charge in [0.15, 0.2) is 0 Å². The minimum atomic E-state index is 1.18. The van der Waals surface area contributed by atoms with Crippen molar-refractivity contribution in [2.45, 2.75) is 77.6 Å². The summed E-state index contributed by atoms with van der Waals surface area (Å²) in [7, 11) is 0. The Morgan fingerprint density at radius 1 is 0.750 bits per heavy atom. The highest BCUT2D eigenvalue weighted by molar-refractivity contribution is 5.22. The Kier molecular flexibility index (Phi) is 10.0. The molecule has 0 N–H and O–H groups in total. The molecule has 0 saturated heterocycles. The van der Waals surface area contributed by atoms with Gasteiger partial charge < -0.3 is 0 Å². The number of rotatable bonds is 12. The zero-order valence-corrected chi connectivity index (χ0v) is 13.4. The Balaban J connectivity index is 2.05. The third kappa shape index (κ3) is 8.19. The topological polar surface area (TPSA) is 0 Å². The first-order valence-corrected chi connectivity index (χ1v) is 8.55. The minimum Gasteiger partial charge on any atom is -0.103 e. The minimum absolute atomic E-state index is 1.18. The number of aryl methyl sites for hydroxylation is 2. The Morgan fingerprint density at radius 3 is 1.80 bits per heavy atom. The first kappa shape index (κ1) is 17.0. The summed E-state index contributed by atoms with van der Waals surface area (Å²) in [6, 6.07) is 9.30. The fourth-order valence-corrected chi connectivity index (χ4v) is 2.58. The molecule has 0 radical (unpaired) electrons. The average Bonchev–Trinajstić information content (AvgIpc) is 2.49. The molecular formula is C20H32. The zero-order chi connectivity index (χ0) is 14.5. The molecule has 0 aliphatic rings. The molecule has 1 rings (SSSR count). The Bertz CT molecular complexity index is 334. The zero-order valence-electron chi connectivity index (χ0n) is 13.4. The van der Waals surface area contributed by atoms with Crippen LogP contribution in [0.4, 0.5) is 0 Å². The summed E-state index contributed by atoms with van der Waals surface area (Å²) in [5.74, 6) is 0. The molecule has 0 heteroatoms. The monoisotopic (exact) mass is 272 g/mol. The quantitative estimate of drug-likeness (QED) is 0.301. The van der Waals surface area contributed by atoms with Gasteiger partial charge in [0, 0.05) is 0 Å². The van der Waals surface area contributed by atoms with Crippen molar-refractivity contribution in [3.05, 3.63) is 48.0 Å². The van der Waals surface area contributed by atoms with E-state index in [1.165, 1.54) is 81.8 Å². The number of hydrogen-bond donors (Lipinski definition) is 0. The van der Waals surface area contributed by atoms with Crippen molar-refractivity contribution in [3.8, 4) is 0 Å². The van der Waals surface area contributed by atoms with Crippen LogP contribution < -0.4 is 0 Å². The van der Waals surface area contributed by atoms with E-state index in [2.05, 4.69) is 37.8 Å². The second-order valence-corrected chi connectivity index (χ2v) is 5.87. The number of allylic oxidation sites excluding steroid dienone is 1. The number of hydrogen-bond acceptors (Lipinski definition) is 0. The lowest BCUT2D eigenvalue weighted by atomic mass is 10.0. The first-order valence-electron chi connectivity index (χ1n) is 8.55. The second-order valence-electron chi connectivity index (χ2n) is 5.87. The van der Waals surface area contributed by atoms with Crippen LogP contribution in [0.15, 0.2) is 36.9 Å². The molecule has 0 saturated carbocycles. The van der Waals surface area contributed by atoms with Gasteiger partial charge in [0.1, 0.15) is 0 Å². The van der Waals surface area contributed by atoms with Crippen molar-refractivity contribution in [1.82, 2.24) is 0 Å². The van der Waals surface area contributed by atoms with Crippen LogP contribution in [0.5, 0.6) is 0 Å². The van der Waals surface area contributed by atoms with Gasteiger partial charge >= 0.3 is 0 Å². The molecule has 1 aromatic rings. The molecule has 0 aliphatic heterocycles. The van der Waals surface area contributed by atoms with E-state index >= 15 is 0 Å². The Hall–Kier alpha value is -1.04. The summed E-state index contributed by atoms with van der Waals surface area (Å²) in [6.45, 7) is 6.02. The first-order chi connectivity index (χ1) is 9.86. The molecular weight excluding hydrogens is 240 g/mol. The van der Waals surface area contributed by atoms with E-state index in [-0.39, 0.29) is 0 Å². The molecule has 0 bridgehead atoms. The summed E-state index contributed by atoms with van der Waals surface area (Å²) in [4.78, 5) is 0. The molecule has 0 fully saturated rings. The van der Waals surface area contributed by atoms with E-state index in [4.69, 9.17) is 0 Å². The lowest BCUT2D eigenvalue weighted by Gasteiger charge is -2.04. The summed E-state index contributed by atoms with van der Waals surface area (Å²) in [6.07, 6.45) is 16.5. The summed E-state index contributed by atoms with van der Waals surface area (Å²) >= 11 is 0. The van der Waals surface area contributed by atoms with Crippen LogP contribution in [0.1, 0.15) is 75.8 Å². The van der Waals surface area contributed by atoms with Gasteiger partial charge in [-0.2, -0.15) is 0 Å². The van der Waals surface area contributed by atoms with Crippen LogP contribution in [0.3, 0.4) is 0 Å². The highest BCUT2D eigenvalue weighted by Gasteiger charge is 1.96. The fourth-order valence-electron chi connectivity index (χ4n) is 2.58. The van der Waals surface area contributed by atoms with Gasteiger partial charge in [-0.05, 0) is 49.7 Å². The van der Waals surface area contributed by atoms with Crippen molar-refractivity contribution >= 4 is 0 Å². The lowest BCUT2D eigenvalue weighted by molar-refractivity contribution is 0.597. The van der Waals surface area contributed by atoms with Crippen LogP contribution >= 0.6 is 0 Å².